The van der Waals surface area contributed by atoms with Crippen molar-refractivity contribution in [3.63, 3.8) is 0 Å². The Hall–Kier alpha value is -1.22. The minimum Gasteiger partial charge on any atom is -0.508 e. The van der Waals surface area contributed by atoms with Crippen molar-refractivity contribution in [2.75, 3.05) is 13.2 Å². The highest BCUT2D eigenvalue weighted by molar-refractivity contribution is 5.25. The van der Waals surface area contributed by atoms with E-state index in [-0.39, 0.29) is 12.4 Å². The lowest BCUT2D eigenvalue weighted by Gasteiger charge is -2.39. The summed E-state index contributed by atoms with van der Waals surface area (Å²) in [4.78, 5) is 0. The second-order valence-corrected chi connectivity index (χ2v) is 4.98. The molecule has 1 aromatic rings. The maximum absolute atomic E-state index is 9.78. The number of aromatic hydroxyl groups is 1. The van der Waals surface area contributed by atoms with E-state index in [0.717, 1.165) is 5.56 Å². The molecule has 1 aliphatic heterocycles. The number of ether oxygens (including phenoxy) is 2. The van der Waals surface area contributed by atoms with Crippen molar-refractivity contribution in [2.45, 2.75) is 37.1 Å². The summed E-state index contributed by atoms with van der Waals surface area (Å²) in [6.07, 6.45) is -5.77. The van der Waals surface area contributed by atoms with Gasteiger partial charge in [0.05, 0.1) is 13.2 Å². The van der Waals surface area contributed by atoms with E-state index < -0.39 is 37.3 Å². The maximum atomic E-state index is 9.78. The molecule has 0 aliphatic carbocycles. The quantitative estimate of drug-likeness (QED) is 0.461. The summed E-state index contributed by atoms with van der Waals surface area (Å²) in [6, 6.07) is 6.60. The van der Waals surface area contributed by atoms with Crippen LogP contribution < -0.4 is 0 Å². The molecule has 0 saturated carbocycles. The minimum absolute atomic E-state index is 0.175. The molecule has 118 valence electrons. The number of benzene rings is 1. The van der Waals surface area contributed by atoms with E-state index in [0.29, 0.717) is 6.42 Å². The monoisotopic (exact) mass is 300 g/mol. The van der Waals surface area contributed by atoms with Crippen molar-refractivity contribution in [3.05, 3.63) is 29.8 Å². The summed E-state index contributed by atoms with van der Waals surface area (Å²) in [6.45, 7) is -0.268. The van der Waals surface area contributed by atoms with Gasteiger partial charge in [0.1, 0.15) is 30.2 Å². The molecule has 0 bridgehead atoms. The van der Waals surface area contributed by atoms with Crippen LogP contribution in [0, 0.1) is 0 Å². The van der Waals surface area contributed by atoms with Gasteiger partial charge < -0.3 is 35.0 Å². The average Bonchev–Trinajstić information content (AvgIpc) is 2.49. The van der Waals surface area contributed by atoms with Gasteiger partial charge in [-0.05, 0) is 24.1 Å². The first-order valence-electron chi connectivity index (χ1n) is 6.73. The van der Waals surface area contributed by atoms with Gasteiger partial charge in [-0.2, -0.15) is 0 Å². The molecule has 1 fully saturated rings. The van der Waals surface area contributed by atoms with Crippen molar-refractivity contribution in [2.24, 2.45) is 0 Å². The number of aliphatic hydroxyl groups is 4. The topological polar surface area (TPSA) is 120 Å². The fourth-order valence-electron chi connectivity index (χ4n) is 2.16. The SMILES string of the molecule is OC[C@H]1O[C@@H](OCCc2ccc(O)cc2)[C@H](O)[C@@H](O)[C@H]1O. The molecular formula is C14H20O7. The molecule has 1 heterocycles. The van der Waals surface area contributed by atoms with Gasteiger partial charge >= 0.3 is 0 Å². The number of hydrogen-bond donors (Lipinski definition) is 5. The van der Waals surface area contributed by atoms with E-state index in [1.165, 1.54) is 0 Å². The number of rotatable bonds is 5. The van der Waals surface area contributed by atoms with Gasteiger partial charge in [0.15, 0.2) is 6.29 Å². The Labute approximate surface area is 122 Å². The minimum atomic E-state index is -1.44. The van der Waals surface area contributed by atoms with E-state index in [2.05, 4.69) is 0 Å². The summed E-state index contributed by atoms with van der Waals surface area (Å²) in [5, 5.41) is 47.3. The Bertz CT molecular complexity index is 433. The molecule has 0 amide bonds. The summed E-state index contributed by atoms with van der Waals surface area (Å²) < 4.78 is 10.6. The number of hydrogen-bond acceptors (Lipinski definition) is 7. The Morgan fingerprint density at radius 2 is 1.67 bits per heavy atom. The zero-order valence-corrected chi connectivity index (χ0v) is 11.4. The molecule has 2 rings (SSSR count). The van der Waals surface area contributed by atoms with Crippen LogP contribution in [0.1, 0.15) is 5.56 Å². The van der Waals surface area contributed by atoms with Crippen LogP contribution in [-0.2, 0) is 15.9 Å². The van der Waals surface area contributed by atoms with Crippen LogP contribution in [0.2, 0.25) is 0 Å². The maximum Gasteiger partial charge on any atom is 0.186 e. The van der Waals surface area contributed by atoms with Gasteiger partial charge in [0.25, 0.3) is 0 Å². The zero-order chi connectivity index (χ0) is 15.4. The molecule has 0 unspecified atom stereocenters. The molecule has 5 atom stereocenters. The van der Waals surface area contributed by atoms with Gasteiger partial charge in [-0.1, -0.05) is 12.1 Å². The van der Waals surface area contributed by atoms with Crippen LogP contribution >= 0.6 is 0 Å². The average molecular weight is 300 g/mol. The van der Waals surface area contributed by atoms with Crippen LogP contribution in [0.3, 0.4) is 0 Å². The lowest BCUT2D eigenvalue weighted by Crippen LogP contribution is -2.59. The Balaban J connectivity index is 1.85. The smallest absolute Gasteiger partial charge is 0.186 e. The van der Waals surface area contributed by atoms with Gasteiger partial charge in [-0.15, -0.1) is 0 Å². The Kier molecular flexibility index (Phi) is 5.51. The number of aliphatic hydroxyl groups excluding tert-OH is 4. The summed E-state index contributed by atoms with van der Waals surface area (Å²) in [5.41, 5.74) is 0.928. The highest BCUT2D eigenvalue weighted by Crippen LogP contribution is 2.22. The standard InChI is InChI=1S/C14H20O7/c15-7-10-11(17)12(18)13(19)14(21-10)20-6-5-8-1-3-9(16)4-2-8/h1-4,10-19H,5-7H2/t10-,11+,12+,13-,14-/m1/s1. The third-order valence-electron chi connectivity index (χ3n) is 3.46. The van der Waals surface area contributed by atoms with Gasteiger partial charge in [0.2, 0.25) is 0 Å². The molecule has 21 heavy (non-hydrogen) atoms. The van der Waals surface area contributed by atoms with Gasteiger partial charge in [-0.3, -0.25) is 0 Å². The predicted octanol–water partition coefficient (Wildman–Crippen LogP) is -1.25. The Morgan fingerprint density at radius 1 is 1.00 bits per heavy atom. The Morgan fingerprint density at radius 3 is 2.29 bits per heavy atom. The molecule has 1 aliphatic rings. The van der Waals surface area contributed by atoms with Gasteiger partial charge in [0, 0.05) is 0 Å². The first-order valence-corrected chi connectivity index (χ1v) is 6.73. The van der Waals surface area contributed by atoms with E-state index in [1.807, 2.05) is 0 Å². The van der Waals surface area contributed by atoms with E-state index in [4.69, 9.17) is 14.6 Å². The van der Waals surface area contributed by atoms with Gasteiger partial charge in [-0.25, -0.2) is 0 Å². The summed E-state index contributed by atoms with van der Waals surface area (Å²) >= 11 is 0. The second kappa shape index (κ2) is 7.17. The molecular weight excluding hydrogens is 280 g/mol. The summed E-state index contributed by atoms with van der Waals surface area (Å²) in [7, 11) is 0. The van der Waals surface area contributed by atoms with Crippen LogP contribution in [0.4, 0.5) is 0 Å². The largest absolute Gasteiger partial charge is 0.508 e. The second-order valence-electron chi connectivity index (χ2n) is 4.98. The van der Waals surface area contributed by atoms with E-state index in [1.54, 1.807) is 24.3 Å². The summed E-state index contributed by atoms with van der Waals surface area (Å²) in [5.74, 6) is 0.175. The molecule has 0 aromatic heterocycles. The molecule has 5 N–H and O–H groups in total. The fraction of sp³-hybridized carbons (Fsp3) is 0.571. The third-order valence-corrected chi connectivity index (χ3v) is 3.46. The normalized spacial score (nSPS) is 33.0. The molecule has 0 radical (unpaired) electrons. The van der Waals surface area contributed by atoms with E-state index >= 15 is 0 Å². The zero-order valence-electron chi connectivity index (χ0n) is 11.4. The third kappa shape index (κ3) is 3.91. The van der Waals surface area contributed by atoms with Crippen molar-refractivity contribution in [3.8, 4) is 5.75 Å². The highest BCUT2D eigenvalue weighted by Gasteiger charge is 2.43. The van der Waals surface area contributed by atoms with Crippen LogP contribution in [0.5, 0.6) is 5.75 Å². The lowest BCUT2D eigenvalue weighted by molar-refractivity contribution is -0.300. The van der Waals surface area contributed by atoms with E-state index in [9.17, 15) is 20.4 Å². The fourth-order valence-corrected chi connectivity index (χ4v) is 2.16. The van der Waals surface area contributed by atoms with Crippen molar-refractivity contribution < 1.29 is 35.0 Å². The lowest BCUT2D eigenvalue weighted by atomic mass is 9.99. The molecule has 0 spiro atoms. The molecule has 7 nitrogen and oxygen atoms in total. The number of phenols is 1. The molecule has 1 saturated heterocycles. The number of phenolic OH excluding ortho intramolecular Hbond substituents is 1. The highest BCUT2D eigenvalue weighted by atomic mass is 16.7. The first kappa shape index (κ1) is 16.2. The van der Waals surface area contributed by atoms with Crippen LogP contribution in [0.25, 0.3) is 0 Å². The molecule has 7 heteroatoms. The van der Waals surface area contributed by atoms with Crippen molar-refractivity contribution in [1.29, 1.82) is 0 Å². The van der Waals surface area contributed by atoms with Crippen LogP contribution in [-0.4, -0.2) is 69.5 Å². The molecule has 1 aromatic carbocycles. The van der Waals surface area contributed by atoms with Crippen molar-refractivity contribution >= 4 is 0 Å². The van der Waals surface area contributed by atoms with Crippen molar-refractivity contribution in [1.82, 2.24) is 0 Å². The van der Waals surface area contributed by atoms with Crippen LogP contribution in [0.15, 0.2) is 24.3 Å². The predicted molar refractivity (Wildman–Crippen MR) is 71.5 cm³/mol. The first-order chi connectivity index (χ1) is 10.0.